The van der Waals surface area contributed by atoms with Crippen molar-refractivity contribution in [2.24, 2.45) is 4.99 Å². The number of hydrogen-bond donors (Lipinski definition) is 2. The highest BCUT2D eigenvalue weighted by molar-refractivity contribution is 7.10. The van der Waals surface area contributed by atoms with Gasteiger partial charge in [-0.1, -0.05) is 12.1 Å². The number of amides is 2. The van der Waals surface area contributed by atoms with Crippen LogP contribution in [0.2, 0.25) is 0 Å². The number of fused-ring (bicyclic) bond motifs is 1. The third-order valence-corrected chi connectivity index (χ3v) is 5.88. The summed E-state index contributed by atoms with van der Waals surface area (Å²) in [6.07, 6.45) is 0.929. The van der Waals surface area contributed by atoms with Crippen molar-refractivity contribution < 1.29 is 9.59 Å². The molecule has 3 rings (SSSR count). The highest BCUT2D eigenvalue weighted by atomic mass is 32.1. The molecule has 8 heteroatoms. The molecule has 0 atom stereocenters. The standard InChI is InChI=1S/C21H27N5O2S/c1-22-21(23-12-15-4-6-16(7-5-15)20(28)25(2)3)24-13-19(27)26-10-8-18-17(14-26)9-11-29-18/h4-7,9,11H,8,10,12-14H2,1-3H3,(H2,22,23,24). The minimum absolute atomic E-state index is 0.0206. The van der Waals surface area contributed by atoms with Crippen LogP contribution < -0.4 is 10.6 Å². The molecule has 154 valence electrons. The number of carbonyl (C=O) groups is 2. The molecule has 0 spiro atoms. The van der Waals surface area contributed by atoms with Crippen LogP contribution in [0, 0.1) is 0 Å². The summed E-state index contributed by atoms with van der Waals surface area (Å²) >= 11 is 1.77. The highest BCUT2D eigenvalue weighted by Crippen LogP contribution is 2.23. The van der Waals surface area contributed by atoms with E-state index in [1.165, 1.54) is 10.4 Å². The molecule has 0 bridgehead atoms. The molecular weight excluding hydrogens is 386 g/mol. The first-order valence-corrected chi connectivity index (χ1v) is 10.4. The summed E-state index contributed by atoms with van der Waals surface area (Å²) in [5.74, 6) is 0.615. The summed E-state index contributed by atoms with van der Waals surface area (Å²) in [6.45, 7) is 2.20. The summed E-state index contributed by atoms with van der Waals surface area (Å²) in [7, 11) is 5.15. The average molecular weight is 414 g/mol. The molecule has 2 N–H and O–H groups in total. The summed E-state index contributed by atoms with van der Waals surface area (Å²) < 4.78 is 0. The van der Waals surface area contributed by atoms with E-state index < -0.39 is 0 Å². The minimum Gasteiger partial charge on any atom is -0.352 e. The van der Waals surface area contributed by atoms with E-state index in [4.69, 9.17) is 0 Å². The van der Waals surface area contributed by atoms with Crippen LogP contribution in [0.3, 0.4) is 0 Å². The topological polar surface area (TPSA) is 77.0 Å². The van der Waals surface area contributed by atoms with Gasteiger partial charge in [-0.05, 0) is 41.1 Å². The van der Waals surface area contributed by atoms with E-state index in [1.54, 1.807) is 37.4 Å². The van der Waals surface area contributed by atoms with E-state index in [9.17, 15) is 9.59 Å². The fourth-order valence-electron chi connectivity index (χ4n) is 3.16. The fourth-order valence-corrected chi connectivity index (χ4v) is 4.05. The van der Waals surface area contributed by atoms with Gasteiger partial charge in [0.1, 0.15) is 0 Å². The van der Waals surface area contributed by atoms with Gasteiger partial charge in [0, 0.05) is 51.2 Å². The zero-order valence-corrected chi connectivity index (χ0v) is 17.9. The number of benzene rings is 1. The molecule has 0 unspecified atom stereocenters. The number of nitrogens with one attached hydrogen (secondary N) is 2. The van der Waals surface area contributed by atoms with Gasteiger partial charge in [-0.2, -0.15) is 0 Å². The summed E-state index contributed by atoms with van der Waals surface area (Å²) in [5, 5.41) is 8.38. The third-order valence-electron chi connectivity index (χ3n) is 4.86. The molecule has 2 heterocycles. The molecule has 1 aliphatic heterocycles. The van der Waals surface area contributed by atoms with Gasteiger partial charge < -0.3 is 20.4 Å². The molecule has 1 aliphatic rings. The Hall–Kier alpha value is -2.87. The maximum atomic E-state index is 12.5. The number of aliphatic imine (C=N–C) groups is 1. The molecule has 29 heavy (non-hydrogen) atoms. The van der Waals surface area contributed by atoms with Crippen LogP contribution in [0.15, 0.2) is 40.7 Å². The highest BCUT2D eigenvalue weighted by Gasteiger charge is 2.21. The van der Waals surface area contributed by atoms with Crippen molar-refractivity contribution >= 4 is 29.1 Å². The van der Waals surface area contributed by atoms with Crippen LogP contribution in [-0.2, 0) is 24.3 Å². The molecule has 0 saturated carbocycles. The van der Waals surface area contributed by atoms with Crippen molar-refractivity contribution in [3.8, 4) is 0 Å². The lowest BCUT2D eigenvalue weighted by molar-refractivity contribution is -0.130. The largest absolute Gasteiger partial charge is 0.352 e. The van der Waals surface area contributed by atoms with E-state index in [1.807, 2.05) is 29.2 Å². The molecule has 0 aliphatic carbocycles. The van der Waals surface area contributed by atoms with Gasteiger partial charge in [-0.3, -0.25) is 14.6 Å². The first-order valence-electron chi connectivity index (χ1n) is 9.56. The Balaban J connectivity index is 1.46. The Morgan fingerprint density at radius 1 is 1.17 bits per heavy atom. The van der Waals surface area contributed by atoms with E-state index in [0.29, 0.717) is 24.6 Å². The van der Waals surface area contributed by atoms with Gasteiger partial charge in [0.15, 0.2) is 5.96 Å². The van der Waals surface area contributed by atoms with E-state index >= 15 is 0 Å². The van der Waals surface area contributed by atoms with Crippen molar-refractivity contribution in [2.45, 2.75) is 19.5 Å². The summed E-state index contributed by atoms with van der Waals surface area (Å²) in [5.41, 5.74) is 2.94. The maximum Gasteiger partial charge on any atom is 0.253 e. The number of nitrogens with zero attached hydrogens (tertiary/aromatic N) is 3. The maximum absolute atomic E-state index is 12.5. The second kappa shape index (κ2) is 9.56. The lowest BCUT2D eigenvalue weighted by atomic mass is 10.1. The minimum atomic E-state index is -0.0206. The van der Waals surface area contributed by atoms with E-state index in [-0.39, 0.29) is 18.4 Å². The van der Waals surface area contributed by atoms with Crippen LogP contribution >= 0.6 is 11.3 Å². The third kappa shape index (κ3) is 5.35. The quantitative estimate of drug-likeness (QED) is 0.578. The number of hydrogen-bond acceptors (Lipinski definition) is 4. The molecule has 7 nitrogen and oxygen atoms in total. The van der Waals surface area contributed by atoms with Crippen molar-refractivity contribution in [1.29, 1.82) is 0 Å². The number of guanidine groups is 1. The lowest BCUT2D eigenvalue weighted by Gasteiger charge is -2.27. The van der Waals surface area contributed by atoms with Crippen molar-refractivity contribution in [2.75, 3.05) is 34.2 Å². The molecule has 1 aromatic carbocycles. The Kier molecular flexibility index (Phi) is 6.87. The summed E-state index contributed by atoms with van der Waals surface area (Å²) in [6, 6.07) is 9.55. The summed E-state index contributed by atoms with van der Waals surface area (Å²) in [4.78, 5) is 33.5. The molecule has 0 radical (unpaired) electrons. The smallest absolute Gasteiger partial charge is 0.253 e. The molecule has 0 fully saturated rings. The SMILES string of the molecule is CN=C(NCC(=O)N1CCc2sccc2C1)NCc1ccc(C(=O)N(C)C)cc1. The van der Waals surface area contributed by atoms with Crippen LogP contribution in [0.25, 0.3) is 0 Å². The number of carbonyl (C=O) groups excluding carboxylic acids is 2. The predicted molar refractivity (Wildman–Crippen MR) is 116 cm³/mol. The van der Waals surface area contributed by atoms with Crippen LogP contribution in [-0.4, -0.2) is 61.8 Å². The van der Waals surface area contributed by atoms with Gasteiger partial charge in [0.25, 0.3) is 5.91 Å². The Bertz CT molecular complexity index is 889. The van der Waals surface area contributed by atoms with Crippen molar-refractivity contribution in [3.63, 3.8) is 0 Å². The monoisotopic (exact) mass is 413 g/mol. The molecule has 0 saturated heterocycles. The normalized spacial score (nSPS) is 13.6. The predicted octanol–water partition coefficient (Wildman–Crippen LogP) is 1.70. The first-order chi connectivity index (χ1) is 14.0. The first kappa shape index (κ1) is 20.9. The second-order valence-electron chi connectivity index (χ2n) is 7.11. The zero-order chi connectivity index (χ0) is 20.8. The number of thiophene rings is 1. The average Bonchev–Trinajstić information content (AvgIpc) is 3.21. The Labute approximate surface area is 175 Å². The number of rotatable bonds is 5. The van der Waals surface area contributed by atoms with Crippen LogP contribution in [0.5, 0.6) is 0 Å². The molecule has 2 amide bonds. The van der Waals surface area contributed by atoms with Crippen molar-refractivity contribution in [1.82, 2.24) is 20.4 Å². The molecular formula is C21H27N5O2S. The van der Waals surface area contributed by atoms with Crippen LogP contribution in [0.1, 0.15) is 26.4 Å². The molecule has 1 aromatic heterocycles. The van der Waals surface area contributed by atoms with Gasteiger partial charge >= 0.3 is 0 Å². The van der Waals surface area contributed by atoms with E-state index in [0.717, 1.165) is 18.5 Å². The Morgan fingerprint density at radius 2 is 1.93 bits per heavy atom. The van der Waals surface area contributed by atoms with Gasteiger partial charge in [-0.25, -0.2) is 0 Å². The van der Waals surface area contributed by atoms with Gasteiger partial charge in [0.05, 0.1) is 6.54 Å². The molecule has 2 aromatic rings. The van der Waals surface area contributed by atoms with Crippen molar-refractivity contribution in [3.05, 3.63) is 57.3 Å². The van der Waals surface area contributed by atoms with Crippen LogP contribution in [0.4, 0.5) is 0 Å². The zero-order valence-electron chi connectivity index (χ0n) is 17.1. The fraction of sp³-hybridized carbons (Fsp3) is 0.381. The second-order valence-corrected chi connectivity index (χ2v) is 8.11. The van der Waals surface area contributed by atoms with E-state index in [2.05, 4.69) is 27.1 Å². The lowest BCUT2D eigenvalue weighted by Crippen LogP contribution is -2.45. The van der Waals surface area contributed by atoms with Gasteiger partial charge in [0.2, 0.25) is 5.91 Å². The Morgan fingerprint density at radius 3 is 2.62 bits per heavy atom. The van der Waals surface area contributed by atoms with Gasteiger partial charge in [-0.15, -0.1) is 11.3 Å².